The number of hydrogen-bond acceptors (Lipinski definition) is 4. The van der Waals surface area contributed by atoms with Crippen LogP contribution in [-0.2, 0) is 12.8 Å². The van der Waals surface area contributed by atoms with E-state index in [2.05, 4.69) is 46.4 Å². The summed E-state index contributed by atoms with van der Waals surface area (Å²) in [6.07, 6.45) is 6.38. The van der Waals surface area contributed by atoms with E-state index in [0.717, 1.165) is 52.8 Å². The molecule has 0 radical (unpaired) electrons. The van der Waals surface area contributed by atoms with Crippen molar-refractivity contribution in [3.63, 3.8) is 0 Å². The van der Waals surface area contributed by atoms with Crippen LogP contribution in [0.3, 0.4) is 0 Å². The maximum absolute atomic E-state index is 14.2. The molecule has 0 aliphatic carbocycles. The van der Waals surface area contributed by atoms with Crippen LogP contribution in [0.1, 0.15) is 30.9 Å². The van der Waals surface area contributed by atoms with E-state index in [1.54, 1.807) is 6.07 Å². The summed E-state index contributed by atoms with van der Waals surface area (Å²) in [7, 11) is 0. The predicted molar refractivity (Wildman–Crippen MR) is 142 cm³/mol. The van der Waals surface area contributed by atoms with Gasteiger partial charge in [0.05, 0.1) is 16.2 Å². The van der Waals surface area contributed by atoms with Crippen LogP contribution in [0.4, 0.5) is 15.8 Å². The van der Waals surface area contributed by atoms with Gasteiger partial charge in [-0.05, 0) is 97.4 Å². The molecule has 2 heterocycles. The van der Waals surface area contributed by atoms with Crippen molar-refractivity contribution in [2.24, 2.45) is 0 Å². The number of benzene rings is 3. The van der Waals surface area contributed by atoms with E-state index >= 15 is 0 Å². The Morgan fingerprint density at radius 3 is 2.66 bits per heavy atom. The second-order valence-corrected chi connectivity index (χ2v) is 9.56. The molecule has 2 N–H and O–H groups in total. The Morgan fingerprint density at radius 2 is 1.89 bits per heavy atom. The number of hydrogen-bond donors (Lipinski definition) is 2. The number of likely N-dealkylation sites (tertiary alicyclic amines) is 1. The van der Waals surface area contributed by atoms with Crippen LogP contribution in [-0.4, -0.2) is 34.6 Å². The van der Waals surface area contributed by atoms with E-state index in [1.807, 2.05) is 24.4 Å². The molecule has 1 aliphatic rings. The maximum atomic E-state index is 14.2. The lowest BCUT2D eigenvalue weighted by atomic mass is 10.00. The Morgan fingerprint density at radius 1 is 1.06 bits per heavy atom. The lowest BCUT2D eigenvalue weighted by Gasteiger charge is -2.17. The highest BCUT2D eigenvalue weighted by Gasteiger charge is 2.14. The second kappa shape index (κ2) is 10.2. The Bertz CT molecular complexity index is 1340. The summed E-state index contributed by atoms with van der Waals surface area (Å²) < 4.78 is 14.2. The van der Waals surface area contributed by atoms with Gasteiger partial charge in [-0.2, -0.15) is 0 Å². The topological polar surface area (TPSA) is 48.4 Å². The largest absolute Gasteiger partial charge is 0.504 e. The number of aromatic hydroxyl groups is 1. The Hall–Kier alpha value is -3.15. The van der Waals surface area contributed by atoms with Gasteiger partial charge in [-0.15, -0.1) is 0 Å². The third-order valence-corrected chi connectivity index (χ3v) is 7.08. The van der Waals surface area contributed by atoms with Gasteiger partial charge >= 0.3 is 0 Å². The number of nitrogens with one attached hydrogen (secondary N) is 1. The molecule has 6 heteroatoms. The van der Waals surface area contributed by atoms with Crippen LogP contribution in [0.2, 0.25) is 5.02 Å². The van der Waals surface area contributed by atoms with Gasteiger partial charge in [-0.25, -0.2) is 4.39 Å². The summed E-state index contributed by atoms with van der Waals surface area (Å²) in [4.78, 5) is 7.18. The molecule has 180 valence electrons. The lowest BCUT2D eigenvalue weighted by Crippen LogP contribution is -2.21. The van der Waals surface area contributed by atoms with E-state index in [1.165, 1.54) is 37.6 Å². The third-order valence-electron chi connectivity index (χ3n) is 6.79. The number of rotatable bonds is 7. The zero-order valence-electron chi connectivity index (χ0n) is 19.8. The Balaban J connectivity index is 1.49. The smallest absolute Gasteiger partial charge is 0.170 e. The van der Waals surface area contributed by atoms with Crippen LogP contribution in [0.5, 0.6) is 5.75 Å². The zero-order chi connectivity index (χ0) is 24.4. The number of nitrogens with zero attached hydrogens (tertiary/aromatic N) is 2. The second-order valence-electron chi connectivity index (χ2n) is 9.16. The molecule has 0 unspecified atom stereocenters. The molecule has 0 amide bonds. The minimum absolute atomic E-state index is 0.00961. The van der Waals surface area contributed by atoms with Crippen molar-refractivity contribution in [3.05, 3.63) is 82.8 Å². The molecule has 3 aromatic carbocycles. The summed E-state index contributed by atoms with van der Waals surface area (Å²) >= 11 is 6.04. The quantitative estimate of drug-likeness (QED) is 0.285. The molecular weight excluding hydrogens is 461 g/mol. The summed E-state index contributed by atoms with van der Waals surface area (Å²) in [5.74, 6) is -1.27. The fourth-order valence-electron chi connectivity index (χ4n) is 4.80. The summed E-state index contributed by atoms with van der Waals surface area (Å²) in [5, 5.41) is 14.3. The number of aryl methyl sites for hydroxylation is 1. The van der Waals surface area contributed by atoms with Crippen molar-refractivity contribution in [3.8, 4) is 16.9 Å². The first-order valence-electron chi connectivity index (χ1n) is 12.2. The van der Waals surface area contributed by atoms with Gasteiger partial charge < -0.3 is 15.3 Å². The Kier molecular flexibility index (Phi) is 6.89. The van der Waals surface area contributed by atoms with Crippen molar-refractivity contribution in [1.29, 1.82) is 0 Å². The van der Waals surface area contributed by atoms with Crippen LogP contribution in [0, 0.1) is 5.82 Å². The van der Waals surface area contributed by atoms with Gasteiger partial charge in [0.25, 0.3) is 0 Å². The maximum Gasteiger partial charge on any atom is 0.170 e. The minimum Gasteiger partial charge on any atom is -0.504 e. The molecule has 0 bridgehead atoms. The van der Waals surface area contributed by atoms with E-state index < -0.39 is 11.6 Å². The van der Waals surface area contributed by atoms with E-state index in [-0.39, 0.29) is 5.02 Å². The Labute approximate surface area is 210 Å². The fraction of sp³-hybridized carbons (Fsp3) is 0.276. The predicted octanol–water partition coefficient (Wildman–Crippen LogP) is 7.34. The average Bonchev–Trinajstić information content (AvgIpc) is 3.40. The van der Waals surface area contributed by atoms with Crippen LogP contribution in [0.25, 0.3) is 22.0 Å². The molecule has 0 atom stereocenters. The molecule has 35 heavy (non-hydrogen) atoms. The molecular formula is C29H29ClFN3O. The zero-order valence-corrected chi connectivity index (χ0v) is 20.6. The highest BCUT2D eigenvalue weighted by molar-refractivity contribution is 6.32. The SMILES string of the molecule is CCc1cnc2ccc(-c3cc(F)c(O)c(Cl)c3)cc2c1Nc1cccc(CCN2CCCC2)c1. The van der Waals surface area contributed by atoms with Gasteiger partial charge in [0.1, 0.15) is 0 Å². The van der Waals surface area contributed by atoms with Crippen molar-refractivity contribution >= 4 is 33.9 Å². The summed E-state index contributed by atoms with van der Waals surface area (Å²) in [5.41, 5.74) is 6.71. The van der Waals surface area contributed by atoms with E-state index in [9.17, 15) is 9.50 Å². The number of anilines is 2. The molecule has 1 fully saturated rings. The first-order valence-corrected chi connectivity index (χ1v) is 12.6. The molecule has 1 aliphatic heterocycles. The van der Waals surface area contributed by atoms with Crippen molar-refractivity contribution in [2.75, 3.05) is 25.0 Å². The monoisotopic (exact) mass is 489 g/mol. The van der Waals surface area contributed by atoms with Crippen LogP contribution in [0.15, 0.2) is 60.8 Å². The van der Waals surface area contributed by atoms with Gasteiger partial charge in [0, 0.05) is 23.8 Å². The number of phenols is 1. The summed E-state index contributed by atoms with van der Waals surface area (Å²) in [6.45, 7) is 5.62. The molecule has 5 rings (SSSR count). The number of fused-ring (bicyclic) bond motifs is 1. The summed E-state index contributed by atoms with van der Waals surface area (Å²) in [6, 6.07) is 17.3. The van der Waals surface area contributed by atoms with Crippen molar-refractivity contribution in [1.82, 2.24) is 9.88 Å². The van der Waals surface area contributed by atoms with Gasteiger partial charge in [0.15, 0.2) is 11.6 Å². The first kappa shape index (κ1) is 23.6. The van der Waals surface area contributed by atoms with Crippen molar-refractivity contribution in [2.45, 2.75) is 32.6 Å². The molecule has 1 saturated heterocycles. The number of halogens is 2. The standard InChI is InChI=1S/C29H29ClFN3O/c1-2-20-18-32-27-9-8-21(22-16-25(30)29(35)26(31)17-22)15-24(27)28(20)33-23-7-5-6-19(14-23)10-13-34-11-3-4-12-34/h5-9,14-18,35H,2-4,10-13H2,1H3,(H,32,33). The fourth-order valence-corrected chi connectivity index (χ4v) is 5.01. The highest BCUT2D eigenvalue weighted by Crippen LogP contribution is 2.36. The third kappa shape index (κ3) is 5.12. The number of phenolic OH excluding ortho intramolecular Hbond substituents is 1. The molecule has 0 spiro atoms. The average molecular weight is 490 g/mol. The molecule has 1 aromatic heterocycles. The molecule has 4 aromatic rings. The molecule has 0 saturated carbocycles. The van der Waals surface area contributed by atoms with E-state index in [4.69, 9.17) is 11.6 Å². The first-order chi connectivity index (χ1) is 17.0. The van der Waals surface area contributed by atoms with Gasteiger partial charge in [0.2, 0.25) is 0 Å². The lowest BCUT2D eigenvalue weighted by molar-refractivity contribution is 0.343. The van der Waals surface area contributed by atoms with Crippen LogP contribution < -0.4 is 5.32 Å². The van der Waals surface area contributed by atoms with Gasteiger partial charge in [-0.1, -0.05) is 36.7 Å². The molecule has 4 nitrogen and oxygen atoms in total. The number of pyridine rings is 1. The number of aromatic nitrogens is 1. The van der Waals surface area contributed by atoms with Crippen molar-refractivity contribution < 1.29 is 9.50 Å². The highest BCUT2D eigenvalue weighted by atomic mass is 35.5. The minimum atomic E-state index is -0.739. The van der Waals surface area contributed by atoms with Crippen LogP contribution >= 0.6 is 11.6 Å². The van der Waals surface area contributed by atoms with Gasteiger partial charge in [-0.3, -0.25) is 4.98 Å². The van der Waals surface area contributed by atoms with E-state index in [0.29, 0.717) is 5.56 Å². The normalized spacial score (nSPS) is 14.0.